The first kappa shape index (κ1) is 23.7. The topological polar surface area (TPSA) is 106 Å². The summed E-state index contributed by atoms with van der Waals surface area (Å²) in [6, 6.07) is 17.5. The predicted molar refractivity (Wildman–Crippen MR) is 140 cm³/mol. The number of rotatable bonds is 5. The maximum absolute atomic E-state index is 12.8. The molecule has 36 heavy (non-hydrogen) atoms. The molecular formula is C28H31N5O3. The van der Waals surface area contributed by atoms with Crippen LogP contribution in [0, 0.1) is 0 Å². The van der Waals surface area contributed by atoms with Crippen LogP contribution in [0.1, 0.15) is 39.3 Å². The summed E-state index contributed by atoms with van der Waals surface area (Å²) in [5, 5.41) is 0.783. The molecule has 3 heterocycles. The van der Waals surface area contributed by atoms with Crippen LogP contribution in [0.2, 0.25) is 0 Å². The van der Waals surface area contributed by atoms with E-state index in [9.17, 15) is 4.79 Å². The van der Waals surface area contributed by atoms with E-state index in [-0.39, 0.29) is 12.1 Å². The quantitative estimate of drug-likeness (QED) is 0.362. The molecule has 1 aliphatic heterocycles. The van der Waals surface area contributed by atoms with E-state index in [0.717, 1.165) is 52.2 Å². The van der Waals surface area contributed by atoms with Crippen LogP contribution in [0.5, 0.6) is 11.5 Å². The number of benzene rings is 2. The summed E-state index contributed by atoms with van der Waals surface area (Å²) in [6.45, 7) is 6.34. The van der Waals surface area contributed by atoms with Crippen molar-refractivity contribution in [1.82, 2.24) is 19.9 Å². The van der Waals surface area contributed by atoms with Crippen molar-refractivity contribution >= 4 is 22.8 Å². The molecule has 1 atom stereocenters. The Morgan fingerprint density at radius 3 is 2.53 bits per heavy atom. The third-order valence-electron chi connectivity index (χ3n) is 6.26. The SMILES string of the molecule is CC(C)(C)OC(=O)N1CCC[C@@H]1Cc1[nH]c(-c2ccc(Oc3ccccc3)cc2)c2c(N)ncnc12. The number of carbonyl (C=O) groups is 1. The molecule has 0 saturated carbocycles. The van der Waals surface area contributed by atoms with Crippen LogP contribution in [0.25, 0.3) is 22.2 Å². The fourth-order valence-electron chi connectivity index (χ4n) is 4.67. The number of fused-ring (bicyclic) bond motifs is 1. The van der Waals surface area contributed by atoms with E-state index in [0.29, 0.717) is 18.8 Å². The summed E-state index contributed by atoms with van der Waals surface area (Å²) in [7, 11) is 0. The zero-order valence-electron chi connectivity index (χ0n) is 20.8. The van der Waals surface area contributed by atoms with Gasteiger partial charge in [0.2, 0.25) is 0 Å². The zero-order chi connectivity index (χ0) is 25.3. The fraction of sp³-hybridized carbons (Fsp3) is 0.321. The van der Waals surface area contributed by atoms with Crippen molar-refractivity contribution in [3.8, 4) is 22.8 Å². The molecule has 186 valence electrons. The number of aromatic nitrogens is 3. The van der Waals surface area contributed by atoms with E-state index in [1.807, 2.05) is 80.3 Å². The lowest BCUT2D eigenvalue weighted by atomic mass is 10.1. The number of hydrogen-bond acceptors (Lipinski definition) is 6. The highest BCUT2D eigenvalue weighted by Gasteiger charge is 2.33. The van der Waals surface area contributed by atoms with Gasteiger partial charge in [-0.3, -0.25) is 0 Å². The van der Waals surface area contributed by atoms with Crippen molar-refractivity contribution in [3.63, 3.8) is 0 Å². The number of anilines is 1. The van der Waals surface area contributed by atoms with E-state index >= 15 is 0 Å². The molecule has 0 spiro atoms. The minimum Gasteiger partial charge on any atom is -0.457 e. The average molecular weight is 486 g/mol. The first-order valence-corrected chi connectivity index (χ1v) is 12.2. The first-order valence-electron chi connectivity index (χ1n) is 12.2. The standard InChI is InChI=1S/C28H31N5O3/c1-28(2,3)36-27(34)33-15-7-8-19(33)16-22-25-23(26(29)31-17-30-25)24(32-22)18-11-13-21(14-12-18)35-20-9-5-4-6-10-20/h4-6,9-14,17,19,32H,7-8,15-16H2,1-3H3,(H2,29,30,31)/t19-/m1/s1. The molecule has 5 rings (SSSR count). The molecule has 4 aromatic rings. The number of nitrogens with one attached hydrogen (secondary N) is 1. The fourth-order valence-corrected chi connectivity index (χ4v) is 4.67. The number of para-hydroxylation sites is 1. The van der Waals surface area contributed by atoms with Gasteiger partial charge in [0.1, 0.15) is 29.2 Å². The lowest BCUT2D eigenvalue weighted by molar-refractivity contribution is 0.0226. The van der Waals surface area contributed by atoms with Gasteiger partial charge in [0.05, 0.1) is 16.6 Å². The summed E-state index contributed by atoms with van der Waals surface area (Å²) in [5.41, 5.74) is 9.29. The van der Waals surface area contributed by atoms with Crippen LogP contribution in [0.15, 0.2) is 60.9 Å². The predicted octanol–water partition coefficient (Wildman–Crippen LogP) is 5.94. The molecule has 8 nitrogen and oxygen atoms in total. The number of nitrogens with two attached hydrogens (primary N) is 1. The molecule has 0 aliphatic carbocycles. The number of nitrogens with zero attached hydrogens (tertiary/aromatic N) is 3. The number of likely N-dealkylation sites (tertiary alicyclic amines) is 1. The van der Waals surface area contributed by atoms with Crippen LogP contribution in [0.3, 0.4) is 0 Å². The lowest BCUT2D eigenvalue weighted by Gasteiger charge is -2.28. The highest BCUT2D eigenvalue weighted by atomic mass is 16.6. The first-order chi connectivity index (χ1) is 17.3. The number of nitrogen functional groups attached to an aromatic ring is 1. The monoisotopic (exact) mass is 485 g/mol. The number of aromatic amines is 1. The number of carbonyl (C=O) groups excluding carboxylic acids is 1. The molecule has 2 aromatic heterocycles. The normalized spacial score (nSPS) is 15.9. The lowest BCUT2D eigenvalue weighted by Crippen LogP contribution is -2.40. The molecule has 8 heteroatoms. The number of amides is 1. The minimum atomic E-state index is -0.533. The van der Waals surface area contributed by atoms with Gasteiger partial charge in [0, 0.05) is 24.7 Å². The highest BCUT2D eigenvalue weighted by molar-refractivity contribution is 6.01. The van der Waals surface area contributed by atoms with Crippen molar-refractivity contribution in [2.75, 3.05) is 12.3 Å². The zero-order valence-corrected chi connectivity index (χ0v) is 20.8. The Bertz CT molecular complexity index is 1360. The van der Waals surface area contributed by atoms with Gasteiger partial charge in [0.15, 0.2) is 0 Å². The molecule has 1 saturated heterocycles. The second-order valence-electron chi connectivity index (χ2n) is 10.1. The van der Waals surface area contributed by atoms with Crippen molar-refractivity contribution < 1.29 is 14.3 Å². The Morgan fingerprint density at radius 1 is 1.08 bits per heavy atom. The van der Waals surface area contributed by atoms with Gasteiger partial charge in [-0.1, -0.05) is 18.2 Å². The molecule has 1 amide bonds. The van der Waals surface area contributed by atoms with Crippen molar-refractivity contribution in [2.45, 2.75) is 51.7 Å². The molecule has 1 aliphatic rings. The smallest absolute Gasteiger partial charge is 0.410 e. The van der Waals surface area contributed by atoms with Crippen LogP contribution < -0.4 is 10.5 Å². The minimum absolute atomic E-state index is 0.0207. The Hall–Kier alpha value is -4.07. The summed E-state index contributed by atoms with van der Waals surface area (Å²) in [5.74, 6) is 1.93. The Balaban J connectivity index is 1.43. The van der Waals surface area contributed by atoms with Gasteiger partial charge in [-0.05, 0) is 75.6 Å². The van der Waals surface area contributed by atoms with E-state index in [1.165, 1.54) is 6.33 Å². The number of hydrogen-bond donors (Lipinski definition) is 2. The van der Waals surface area contributed by atoms with Crippen LogP contribution >= 0.6 is 0 Å². The summed E-state index contributed by atoms with van der Waals surface area (Å²) >= 11 is 0. The third-order valence-corrected chi connectivity index (χ3v) is 6.26. The second-order valence-corrected chi connectivity index (χ2v) is 10.1. The highest BCUT2D eigenvalue weighted by Crippen LogP contribution is 2.35. The summed E-state index contributed by atoms with van der Waals surface area (Å²) < 4.78 is 11.6. The maximum Gasteiger partial charge on any atom is 0.410 e. The van der Waals surface area contributed by atoms with Crippen molar-refractivity contribution in [2.24, 2.45) is 0 Å². The third kappa shape index (κ3) is 4.98. The van der Waals surface area contributed by atoms with Crippen LogP contribution in [-0.4, -0.2) is 44.1 Å². The summed E-state index contributed by atoms with van der Waals surface area (Å²) in [4.78, 5) is 27.0. The van der Waals surface area contributed by atoms with E-state index in [1.54, 1.807) is 0 Å². The van der Waals surface area contributed by atoms with Gasteiger partial charge in [0.25, 0.3) is 0 Å². The molecular weight excluding hydrogens is 454 g/mol. The van der Waals surface area contributed by atoms with E-state index in [4.69, 9.17) is 15.2 Å². The van der Waals surface area contributed by atoms with Crippen molar-refractivity contribution in [3.05, 3.63) is 66.6 Å². The van der Waals surface area contributed by atoms with Gasteiger partial charge in [-0.2, -0.15) is 0 Å². The Morgan fingerprint density at radius 2 is 1.81 bits per heavy atom. The van der Waals surface area contributed by atoms with E-state index in [2.05, 4.69) is 15.0 Å². The van der Waals surface area contributed by atoms with Gasteiger partial charge < -0.3 is 25.1 Å². The van der Waals surface area contributed by atoms with Crippen LogP contribution in [0.4, 0.5) is 10.6 Å². The number of H-pyrrole nitrogens is 1. The molecule has 0 unspecified atom stereocenters. The molecule has 3 N–H and O–H groups in total. The van der Waals surface area contributed by atoms with Crippen LogP contribution in [-0.2, 0) is 11.2 Å². The average Bonchev–Trinajstić information content (AvgIpc) is 3.45. The van der Waals surface area contributed by atoms with Gasteiger partial charge in [-0.15, -0.1) is 0 Å². The summed E-state index contributed by atoms with van der Waals surface area (Å²) in [6.07, 6.45) is 3.68. The Labute approximate surface area is 210 Å². The second kappa shape index (κ2) is 9.53. The van der Waals surface area contributed by atoms with E-state index < -0.39 is 5.60 Å². The largest absolute Gasteiger partial charge is 0.457 e. The molecule has 0 radical (unpaired) electrons. The maximum atomic E-state index is 12.8. The Kier molecular flexibility index (Phi) is 6.26. The molecule has 1 fully saturated rings. The molecule has 2 aromatic carbocycles. The molecule has 0 bridgehead atoms. The number of ether oxygens (including phenoxy) is 2. The van der Waals surface area contributed by atoms with Gasteiger partial charge in [-0.25, -0.2) is 14.8 Å². The van der Waals surface area contributed by atoms with Gasteiger partial charge >= 0.3 is 6.09 Å². The van der Waals surface area contributed by atoms with Crippen molar-refractivity contribution in [1.29, 1.82) is 0 Å².